The zero-order valence-electron chi connectivity index (χ0n) is 19.9. The Hall–Kier alpha value is -2.19. The summed E-state index contributed by atoms with van der Waals surface area (Å²) in [6.45, 7) is 12.4. The summed E-state index contributed by atoms with van der Waals surface area (Å²) in [5.41, 5.74) is 6.10. The second kappa shape index (κ2) is 8.98. The van der Waals surface area contributed by atoms with E-state index in [1.807, 2.05) is 41.5 Å². The molecule has 178 valence electrons. The number of hydrogen-bond donors (Lipinski definition) is 1. The first-order valence-electron chi connectivity index (χ1n) is 11.2. The molecule has 32 heavy (non-hydrogen) atoms. The summed E-state index contributed by atoms with van der Waals surface area (Å²) in [6, 6.07) is 4.95. The first-order chi connectivity index (χ1) is 14.8. The molecule has 7 nitrogen and oxygen atoms in total. The largest absolute Gasteiger partial charge is 0.444 e. The number of nitrogens with two attached hydrogens (primary N) is 1. The highest BCUT2D eigenvalue weighted by Gasteiger charge is 2.54. The molecule has 1 aromatic carbocycles. The van der Waals surface area contributed by atoms with E-state index < -0.39 is 23.8 Å². The van der Waals surface area contributed by atoms with Gasteiger partial charge in [-0.15, -0.1) is 0 Å². The number of fused-ring (bicyclic) bond motifs is 1. The van der Waals surface area contributed by atoms with Crippen LogP contribution in [0.1, 0.15) is 53.5 Å². The lowest BCUT2D eigenvalue weighted by Gasteiger charge is -2.34. The molecule has 2 N–H and O–H groups in total. The molecule has 0 saturated carbocycles. The van der Waals surface area contributed by atoms with Crippen LogP contribution < -0.4 is 5.73 Å². The second-order valence-electron chi connectivity index (χ2n) is 10.8. The van der Waals surface area contributed by atoms with Crippen molar-refractivity contribution in [2.45, 2.75) is 84.4 Å². The van der Waals surface area contributed by atoms with Gasteiger partial charge in [-0.3, -0.25) is 4.79 Å². The number of benzene rings is 1. The van der Waals surface area contributed by atoms with Crippen LogP contribution in [0.3, 0.4) is 0 Å². The zero-order chi connectivity index (χ0) is 23.8. The van der Waals surface area contributed by atoms with E-state index in [0.29, 0.717) is 19.5 Å². The molecule has 2 fully saturated rings. The van der Waals surface area contributed by atoms with Crippen LogP contribution in [0.5, 0.6) is 0 Å². The normalized spacial score (nSPS) is 24.4. The van der Waals surface area contributed by atoms with Crippen LogP contribution in [0.2, 0.25) is 0 Å². The lowest BCUT2D eigenvalue weighted by atomic mass is 9.86. The van der Waals surface area contributed by atoms with Gasteiger partial charge in [0, 0.05) is 6.54 Å². The first-order valence-corrected chi connectivity index (χ1v) is 11.2. The highest BCUT2D eigenvalue weighted by molar-refractivity contribution is 5.83. The van der Waals surface area contributed by atoms with Crippen molar-refractivity contribution in [1.29, 1.82) is 0 Å². The fourth-order valence-corrected chi connectivity index (χ4v) is 4.30. The highest BCUT2D eigenvalue weighted by Crippen LogP contribution is 2.36. The summed E-state index contributed by atoms with van der Waals surface area (Å²) in [6.07, 6.45) is -0.158. The number of hydrogen-bond acceptors (Lipinski definition) is 5. The number of nitrogens with zero attached hydrogens (tertiary/aromatic N) is 2. The van der Waals surface area contributed by atoms with Crippen LogP contribution in [0.15, 0.2) is 24.3 Å². The Labute approximate surface area is 190 Å². The van der Waals surface area contributed by atoms with Gasteiger partial charge in [0.2, 0.25) is 5.91 Å². The predicted molar refractivity (Wildman–Crippen MR) is 119 cm³/mol. The Bertz CT molecular complexity index is 831. The van der Waals surface area contributed by atoms with E-state index in [1.165, 1.54) is 12.1 Å². The summed E-state index contributed by atoms with van der Waals surface area (Å²) >= 11 is 0. The van der Waals surface area contributed by atoms with E-state index in [0.717, 1.165) is 5.56 Å². The molecule has 0 bridgehead atoms. The molecule has 8 heteroatoms. The molecule has 0 aromatic heterocycles. The topological polar surface area (TPSA) is 85.1 Å². The van der Waals surface area contributed by atoms with Crippen LogP contribution >= 0.6 is 0 Å². The molecule has 3 rings (SSSR count). The summed E-state index contributed by atoms with van der Waals surface area (Å²) in [5.74, 6) is -0.444. The molecule has 2 aliphatic heterocycles. The van der Waals surface area contributed by atoms with E-state index in [1.54, 1.807) is 21.9 Å². The summed E-state index contributed by atoms with van der Waals surface area (Å²) in [4.78, 5) is 29.6. The summed E-state index contributed by atoms with van der Waals surface area (Å²) < 4.78 is 25.0. The molecule has 0 radical (unpaired) electrons. The molecular formula is C24H36FN3O4. The average molecular weight is 450 g/mol. The zero-order valence-corrected chi connectivity index (χ0v) is 19.9. The predicted octanol–water partition coefficient (Wildman–Crippen LogP) is 3.30. The maximum Gasteiger partial charge on any atom is 0.410 e. The fraction of sp³-hybridized carbons (Fsp3) is 0.667. The fourth-order valence-electron chi connectivity index (χ4n) is 4.30. The standard InChI is InChI=1S/C24H36FN3O4/c1-23(2,3)20(26)21(29)27-12-11-17-19(27)18(13-28(17)22(30)32-24(4,5)6)31-14-15-7-9-16(25)10-8-15/h7-10,17-20H,11-14,26H2,1-6H3/t17-,18+,19?,20-/m1/s1. The Balaban J connectivity index is 1.81. The van der Waals surface area contributed by atoms with Gasteiger partial charge in [-0.05, 0) is 50.3 Å². The van der Waals surface area contributed by atoms with Gasteiger partial charge in [-0.2, -0.15) is 0 Å². The van der Waals surface area contributed by atoms with E-state index in [9.17, 15) is 14.0 Å². The maximum atomic E-state index is 13.3. The lowest BCUT2D eigenvalue weighted by Crippen LogP contribution is -2.55. The maximum absolute atomic E-state index is 13.3. The molecule has 2 saturated heterocycles. The summed E-state index contributed by atoms with van der Waals surface area (Å²) in [5, 5.41) is 0. The molecule has 4 atom stereocenters. The third-order valence-corrected chi connectivity index (χ3v) is 6.07. The van der Waals surface area contributed by atoms with Crippen molar-refractivity contribution in [3.05, 3.63) is 35.6 Å². The number of likely N-dealkylation sites (tertiary alicyclic amines) is 2. The van der Waals surface area contributed by atoms with Crippen molar-refractivity contribution in [2.24, 2.45) is 11.1 Å². The Kier molecular flexibility index (Phi) is 6.86. The third-order valence-electron chi connectivity index (χ3n) is 6.07. The van der Waals surface area contributed by atoms with Crippen LogP contribution in [0.4, 0.5) is 9.18 Å². The van der Waals surface area contributed by atoms with Gasteiger partial charge in [0.15, 0.2) is 0 Å². The lowest BCUT2D eigenvalue weighted by molar-refractivity contribution is -0.138. The smallest absolute Gasteiger partial charge is 0.410 e. The number of carbonyl (C=O) groups is 2. The van der Waals surface area contributed by atoms with Crippen molar-refractivity contribution in [3.8, 4) is 0 Å². The van der Waals surface area contributed by atoms with Crippen LogP contribution in [0, 0.1) is 11.2 Å². The molecule has 0 spiro atoms. The van der Waals surface area contributed by atoms with Gasteiger partial charge >= 0.3 is 6.09 Å². The number of carbonyl (C=O) groups excluding carboxylic acids is 2. The van der Waals surface area contributed by atoms with Gasteiger partial charge in [0.1, 0.15) is 11.4 Å². The second-order valence-corrected chi connectivity index (χ2v) is 10.8. The quantitative estimate of drug-likeness (QED) is 0.762. The van der Waals surface area contributed by atoms with E-state index in [-0.39, 0.29) is 35.8 Å². The van der Waals surface area contributed by atoms with Crippen molar-refractivity contribution in [2.75, 3.05) is 13.1 Å². The van der Waals surface area contributed by atoms with Crippen molar-refractivity contribution < 1.29 is 23.5 Å². The minimum atomic E-state index is -0.658. The molecule has 2 heterocycles. The highest BCUT2D eigenvalue weighted by atomic mass is 19.1. The first kappa shape index (κ1) is 24.5. The van der Waals surface area contributed by atoms with Crippen LogP contribution in [0.25, 0.3) is 0 Å². The van der Waals surface area contributed by atoms with Crippen molar-refractivity contribution in [3.63, 3.8) is 0 Å². The van der Waals surface area contributed by atoms with Gasteiger partial charge in [-0.25, -0.2) is 9.18 Å². The van der Waals surface area contributed by atoms with Crippen molar-refractivity contribution in [1.82, 2.24) is 9.80 Å². The molecule has 1 aromatic rings. The van der Waals surface area contributed by atoms with Crippen molar-refractivity contribution >= 4 is 12.0 Å². The van der Waals surface area contributed by atoms with Crippen LogP contribution in [-0.2, 0) is 20.9 Å². The molecule has 1 unspecified atom stereocenters. The number of rotatable bonds is 4. The van der Waals surface area contributed by atoms with Crippen LogP contribution in [-0.4, -0.2) is 64.7 Å². The van der Waals surface area contributed by atoms with Gasteiger partial charge in [0.25, 0.3) is 0 Å². The average Bonchev–Trinajstić information content (AvgIpc) is 3.25. The SMILES string of the molecule is CC(C)(C)OC(=O)N1C[C@H](OCc2ccc(F)cc2)C2[C@H]1CCN2C(=O)[C@@H](N)C(C)(C)C. The number of amides is 2. The van der Waals surface area contributed by atoms with Gasteiger partial charge < -0.3 is 25.0 Å². The number of halogens is 1. The Morgan fingerprint density at radius 2 is 1.75 bits per heavy atom. The molecule has 0 aliphatic carbocycles. The molecule has 2 amide bonds. The minimum absolute atomic E-state index is 0.133. The monoisotopic (exact) mass is 449 g/mol. The Morgan fingerprint density at radius 3 is 2.31 bits per heavy atom. The summed E-state index contributed by atoms with van der Waals surface area (Å²) in [7, 11) is 0. The molecular weight excluding hydrogens is 413 g/mol. The van der Waals surface area contributed by atoms with Gasteiger partial charge in [0.05, 0.1) is 37.4 Å². The third kappa shape index (κ3) is 5.41. The Morgan fingerprint density at radius 1 is 1.12 bits per heavy atom. The van der Waals surface area contributed by atoms with E-state index in [4.69, 9.17) is 15.2 Å². The minimum Gasteiger partial charge on any atom is -0.444 e. The molecule has 2 aliphatic rings. The van der Waals surface area contributed by atoms with E-state index in [2.05, 4.69) is 0 Å². The van der Waals surface area contributed by atoms with E-state index >= 15 is 0 Å². The number of ether oxygens (including phenoxy) is 2. The van der Waals surface area contributed by atoms with Gasteiger partial charge in [-0.1, -0.05) is 32.9 Å².